The summed E-state index contributed by atoms with van der Waals surface area (Å²) in [6.45, 7) is 4.25. The Labute approximate surface area is 83.9 Å². The van der Waals surface area contributed by atoms with Gasteiger partial charge in [0.25, 0.3) is 0 Å². The van der Waals surface area contributed by atoms with Crippen LogP contribution in [0.5, 0.6) is 0 Å². The van der Waals surface area contributed by atoms with Crippen molar-refractivity contribution in [1.29, 1.82) is 0 Å². The molecule has 0 amide bonds. The summed E-state index contributed by atoms with van der Waals surface area (Å²) in [5, 5.41) is 8.81. The van der Waals surface area contributed by atoms with E-state index in [4.69, 9.17) is 9.84 Å². The van der Waals surface area contributed by atoms with Gasteiger partial charge in [-0.2, -0.15) is 11.8 Å². The molecule has 0 saturated heterocycles. The van der Waals surface area contributed by atoms with Crippen molar-refractivity contribution in [2.75, 3.05) is 25.2 Å². The van der Waals surface area contributed by atoms with E-state index in [9.17, 15) is 4.79 Å². The van der Waals surface area contributed by atoms with Crippen LogP contribution < -0.4 is 0 Å². The first-order valence-corrected chi connectivity index (χ1v) is 5.46. The molecule has 0 aliphatic rings. The molecule has 0 radical (unpaired) electrons. The largest absolute Gasteiger partial charge is 0.481 e. The van der Waals surface area contributed by atoms with Gasteiger partial charge in [-0.05, 0) is 26.0 Å². The average Bonchev–Trinajstić information content (AvgIpc) is 2.03. The highest BCUT2D eigenvalue weighted by molar-refractivity contribution is 7.99. The maximum atomic E-state index is 10.7. The Hall–Kier alpha value is -0.220. The van der Waals surface area contributed by atoms with Gasteiger partial charge in [0.1, 0.15) is 0 Å². The van der Waals surface area contributed by atoms with Crippen LogP contribution in [0.2, 0.25) is 0 Å². The molecule has 0 unspecified atom stereocenters. The van der Waals surface area contributed by atoms with Gasteiger partial charge in [-0.3, -0.25) is 4.79 Å². The molecule has 0 aliphatic heterocycles. The Balaban J connectivity index is 3.46. The number of carbonyl (C=O) groups is 1. The van der Waals surface area contributed by atoms with Crippen molar-refractivity contribution in [2.24, 2.45) is 5.41 Å². The van der Waals surface area contributed by atoms with Gasteiger partial charge in [-0.15, -0.1) is 0 Å². The Morgan fingerprint density at radius 2 is 2.08 bits per heavy atom. The quantitative estimate of drug-likeness (QED) is 0.646. The molecule has 0 aromatic heterocycles. The number of hydrogen-bond donors (Lipinski definition) is 1. The van der Waals surface area contributed by atoms with Crippen molar-refractivity contribution in [2.45, 2.75) is 20.3 Å². The van der Waals surface area contributed by atoms with E-state index in [1.54, 1.807) is 32.7 Å². The van der Waals surface area contributed by atoms with Crippen molar-refractivity contribution in [3.8, 4) is 0 Å². The van der Waals surface area contributed by atoms with Gasteiger partial charge in [0.2, 0.25) is 0 Å². The summed E-state index contributed by atoms with van der Waals surface area (Å²) in [6, 6.07) is 0. The van der Waals surface area contributed by atoms with Gasteiger partial charge in [-0.25, -0.2) is 0 Å². The number of carboxylic acids is 1. The van der Waals surface area contributed by atoms with Crippen LogP contribution in [0, 0.1) is 5.41 Å². The zero-order chi connectivity index (χ0) is 10.3. The third-order valence-electron chi connectivity index (χ3n) is 1.88. The number of methoxy groups -OCH3 is 1. The monoisotopic (exact) mass is 206 g/mol. The van der Waals surface area contributed by atoms with Crippen LogP contribution in [-0.4, -0.2) is 36.3 Å². The van der Waals surface area contributed by atoms with Crippen molar-refractivity contribution in [3.63, 3.8) is 0 Å². The predicted molar refractivity (Wildman–Crippen MR) is 55.2 cm³/mol. The van der Waals surface area contributed by atoms with E-state index in [0.29, 0.717) is 6.42 Å². The second-order valence-electron chi connectivity index (χ2n) is 3.54. The van der Waals surface area contributed by atoms with Crippen LogP contribution in [0.15, 0.2) is 0 Å². The van der Waals surface area contributed by atoms with E-state index >= 15 is 0 Å². The number of hydrogen-bond acceptors (Lipinski definition) is 3. The minimum absolute atomic E-state index is 0.597. The Bertz CT molecular complexity index is 157. The maximum Gasteiger partial charge on any atom is 0.309 e. The molecule has 0 aromatic carbocycles. The van der Waals surface area contributed by atoms with Crippen LogP contribution in [0.25, 0.3) is 0 Å². The lowest BCUT2D eigenvalue weighted by atomic mass is 9.91. The zero-order valence-corrected chi connectivity index (χ0v) is 9.32. The first-order valence-electron chi connectivity index (χ1n) is 4.31. The number of carboxylic acid groups (broad SMARTS) is 1. The van der Waals surface area contributed by atoms with Gasteiger partial charge in [0.15, 0.2) is 0 Å². The van der Waals surface area contributed by atoms with Gasteiger partial charge in [0.05, 0.1) is 12.0 Å². The summed E-state index contributed by atoms with van der Waals surface area (Å²) in [5.74, 6) is 1.09. The first-order chi connectivity index (χ1) is 6.00. The molecule has 0 rings (SSSR count). The van der Waals surface area contributed by atoms with E-state index in [2.05, 4.69) is 0 Å². The SMILES string of the molecule is COCCSCCC(C)(C)C(=O)O. The third-order valence-corrected chi connectivity index (χ3v) is 2.83. The summed E-state index contributed by atoms with van der Waals surface area (Å²) in [7, 11) is 1.67. The van der Waals surface area contributed by atoms with E-state index < -0.39 is 11.4 Å². The number of thioether (sulfide) groups is 1. The lowest BCUT2D eigenvalue weighted by molar-refractivity contribution is -0.146. The Morgan fingerprint density at radius 3 is 2.54 bits per heavy atom. The lowest BCUT2D eigenvalue weighted by Gasteiger charge is -2.18. The summed E-state index contributed by atoms with van der Waals surface area (Å²) in [4.78, 5) is 10.7. The van der Waals surface area contributed by atoms with Gasteiger partial charge >= 0.3 is 5.97 Å². The molecule has 78 valence electrons. The van der Waals surface area contributed by atoms with Crippen molar-refractivity contribution >= 4 is 17.7 Å². The molecular weight excluding hydrogens is 188 g/mol. The Morgan fingerprint density at radius 1 is 1.46 bits per heavy atom. The Kier molecular flexibility index (Phi) is 6.16. The fraction of sp³-hybridized carbons (Fsp3) is 0.889. The molecule has 0 spiro atoms. The van der Waals surface area contributed by atoms with Crippen molar-refractivity contribution in [3.05, 3.63) is 0 Å². The molecular formula is C9H18O3S. The van der Waals surface area contributed by atoms with E-state index in [-0.39, 0.29) is 0 Å². The molecule has 0 atom stereocenters. The topological polar surface area (TPSA) is 46.5 Å². The van der Waals surface area contributed by atoms with Crippen LogP contribution in [0.1, 0.15) is 20.3 Å². The number of aliphatic carboxylic acids is 1. The second-order valence-corrected chi connectivity index (χ2v) is 4.77. The molecule has 3 nitrogen and oxygen atoms in total. The molecule has 13 heavy (non-hydrogen) atoms. The van der Waals surface area contributed by atoms with Crippen LogP contribution in [0.3, 0.4) is 0 Å². The standard InChI is InChI=1S/C9H18O3S/c1-9(2,8(10)11)4-6-13-7-5-12-3/h4-7H2,1-3H3,(H,10,11). The summed E-state index contributed by atoms with van der Waals surface area (Å²) >= 11 is 1.73. The minimum Gasteiger partial charge on any atom is -0.481 e. The molecule has 0 bridgehead atoms. The minimum atomic E-state index is -0.722. The normalized spacial score (nSPS) is 11.6. The van der Waals surface area contributed by atoms with E-state index in [0.717, 1.165) is 18.1 Å². The number of ether oxygens (including phenoxy) is 1. The van der Waals surface area contributed by atoms with Crippen LogP contribution >= 0.6 is 11.8 Å². The highest BCUT2D eigenvalue weighted by atomic mass is 32.2. The van der Waals surface area contributed by atoms with E-state index in [1.165, 1.54) is 0 Å². The number of rotatable bonds is 7. The highest BCUT2D eigenvalue weighted by Crippen LogP contribution is 2.22. The lowest BCUT2D eigenvalue weighted by Crippen LogP contribution is -2.24. The summed E-state index contributed by atoms with van der Waals surface area (Å²) in [5.41, 5.74) is -0.597. The molecule has 0 aromatic rings. The molecule has 0 aliphatic carbocycles. The molecule has 0 heterocycles. The average molecular weight is 206 g/mol. The maximum absolute atomic E-state index is 10.7. The van der Waals surface area contributed by atoms with Crippen molar-refractivity contribution < 1.29 is 14.6 Å². The zero-order valence-electron chi connectivity index (χ0n) is 8.50. The molecule has 4 heteroatoms. The van der Waals surface area contributed by atoms with E-state index in [1.807, 2.05) is 0 Å². The summed E-state index contributed by atoms with van der Waals surface area (Å²) < 4.78 is 4.88. The molecule has 0 fully saturated rings. The fourth-order valence-electron chi connectivity index (χ4n) is 0.679. The van der Waals surface area contributed by atoms with Crippen LogP contribution in [0.4, 0.5) is 0 Å². The van der Waals surface area contributed by atoms with Crippen LogP contribution in [-0.2, 0) is 9.53 Å². The molecule has 1 N–H and O–H groups in total. The summed E-state index contributed by atoms with van der Waals surface area (Å²) in [6.07, 6.45) is 0.705. The fourth-order valence-corrected chi connectivity index (χ4v) is 1.82. The van der Waals surface area contributed by atoms with Gasteiger partial charge in [-0.1, -0.05) is 0 Å². The van der Waals surface area contributed by atoms with Gasteiger partial charge in [0, 0.05) is 12.9 Å². The van der Waals surface area contributed by atoms with Gasteiger partial charge < -0.3 is 9.84 Å². The smallest absolute Gasteiger partial charge is 0.309 e. The molecule has 0 saturated carbocycles. The van der Waals surface area contributed by atoms with Crippen molar-refractivity contribution in [1.82, 2.24) is 0 Å². The predicted octanol–water partition coefficient (Wildman–Crippen LogP) is 1.87. The third kappa shape index (κ3) is 5.93. The highest BCUT2D eigenvalue weighted by Gasteiger charge is 2.26. The first kappa shape index (κ1) is 12.8. The second kappa shape index (κ2) is 6.27.